The van der Waals surface area contributed by atoms with Crippen LogP contribution in [0.15, 0.2) is 39.6 Å². The zero-order valence-electron chi connectivity index (χ0n) is 11.4. The number of ether oxygens (including phenoxy) is 1. The molecular formula is C15H11BrN2O3. The first kappa shape index (κ1) is 15.0. The number of benzene rings is 1. The second kappa shape index (κ2) is 5.94. The van der Waals surface area contributed by atoms with Gasteiger partial charge in [0.15, 0.2) is 0 Å². The van der Waals surface area contributed by atoms with Crippen LogP contribution >= 0.6 is 15.9 Å². The highest BCUT2D eigenvalue weighted by Gasteiger charge is 2.19. The van der Waals surface area contributed by atoms with Gasteiger partial charge in [0.05, 0.1) is 18.2 Å². The van der Waals surface area contributed by atoms with Crippen LogP contribution in [-0.4, -0.2) is 17.6 Å². The average molecular weight is 347 g/mol. The number of hydrogen-bond acceptors (Lipinski definition) is 4. The molecule has 6 heteroatoms. The van der Waals surface area contributed by atoms with Gasteiger partial charge < -0.3 is 4.74 Å². The molecule has 2 aromatic rings. The van der Waals surface area contributed by atoms with Crippen molar-refractivity contribution < 1.29 is 9.53 Å². The Hall–Kier alpha value is -2.39. The van der Waals surface area contributed by atoms with E-state index in [4.69, 9.17) is 0 Å². The predicted molar refractivity (Wildman–Crippen MR) is 80.5 cm³/mol. The van der Waals surface area contributed by atoms with Gasteiger partial charge in [-0.2, -0.15) is 5.26 Å². The molecule has 5 nitrogen and oxygen atoms in total. The number of pyridine rings is 1. The smallest absolute Gasteiger partial charge is 0.339 e. The maximum absolute atomic E-state index is 12.3. The quantitative estimate of drug-likeness (QED) is 0.783. The Morgan fingerprint density at radius 3 is 2.48 bits per heavy atom. The van der Waals surface area contributed by atoms with Gasteiger partial charge >= 0.3 is 5.97 Å². The summed E-state index contributed by atoms with van der Waals surface area (Å²) in [6.45, 7) is 1.62. The summed E-state index contributed by atoms with van der Waals surface area (Å²) in [6.07, 6.45) is 0. The standard InChI is InChI=1S/C15H11BrN2O3/c1-9-13(8-17)12(15(20)21-2)7-14(19)18(9)11-5-3-10(16)4-6-11/h3-7H,1-2H3. The summed E-state index contributed by atoms with van der Waals surface area (Å²) in [7, 11) is 1.21. The molecule has 1 aromatic carbocycles. The fourth-order valence-corrected chi connectivity index (χ4v) is 2.32. The molecule has 0 saturated carbocycles. The first-order valence-electron chi connectivity index (χ1n) is 6.00. The number of nitriles is 1. The minimum Gasteiger partial charge on any atom is -0.465 e. The second-order valence-electron chi connectivity index (χ2n) is 4.27. The summed E-state index contributed by atoms with van der Waals surface area (Å²) in [4.78, 5) is 23.9. The molecule has 0 fully saturated rings. The topological polar surface area (TPSA) is 72.1 Å². The summed E-state index contributed by atoms with van der Waals surface area (Å²) >= 11 is 3.32. The molecule has 0 spiro atoms. The van der Waals surface area contributed by atoms with Crippen molar-refractivity contribution in [2.45, 2.75) is 6.92 Å². The van der Waals surface area contributed by atoms with E-state index in [1.807, 2.05) is 6.07 Å². The Morgan fingerprint density at radius 2 is 1.95 bits per heavy atom. The Bertz CT molecular complexity index is 801. The van der Waals surface area contributed by atoms with E-state index in [0.717, 1.165) is 10.5 Å². The van der Waals surface area contributed by atoms with E-state index in [0.29, 0.717) is 11.4 Å². The number of rotatable bonds is 2. The number of carbonyl (C=O) groups is 1. The minimum absolute atomic E-state index is 0.0177. The van der Waals surface area contributed by atoms with Gasteiger partial charge in [-0.3, -0.25) is 9.36 Å². The number of aromatic nitrogens is 1. The van der Waals surface area contributed by atoms with Crippen LogP contribution in [0.25, 0.3) is 5.69 Å². The van der Waals surface area contributed by atoms with Crippen molar-refractivity contribution in [1.82, 2.24) is 4.57 Å². The predicted octanol–water partition coefficient (Wildman–Crippen LogP) is 2.57. The second-order valence-corrected chi connectivity index (χ2v) is 5.19. The van der Waals surface area contributed by atoms with E-state index in [9.17, 15) is 14.9 Å². The van der Waals surface area contributed by atoms with Gasteiger partial charge in [-0.15, -0.1) is 0 Å². The fourth-order valence-electron chi connectivity index (χ4n) is 2.06. The first-order valence-corrected chi connectivity index (χ1v) is 6.80. The Morgan fingerprint density at radius 1 is 1.33 bits per heavy atom. The van der Waals surface area contributed by atoms with Crippen molar-refractivity contribution in [2.75, 3.05) is 7.11 Å². The van der Waals surface area contributed by atoms with Gasteiger partial charge in [-0.05, 0) is 31.2 Å². The highest BCUT2D eigenvalue weighted by molar-refractivity contribution is 9.10. The van der Waals surface area contributed by atoms with Gasteiger partial charge in [-0.25, -0.2) is 4.79 Å². The van der Waals surface area contributed by atoms with Crippen LogP contribution in [0.5, 0.6) is 0 Å². The highest BCUT2D eigenvalue weighted by Crippen LogP contribution is 2.18. The third-order valence-corrected chi connectivity index (χ3v) is 3.59. The SMILES string of the molecule is COC(=O)c1cc(=O)n(-c2ccc(Br)cc2)c(C)c1C#N. The van der Waals surface area contributed by atoms with Crippen LogP contribution in [0.4, 0.5) is 0 Å². The van der Waals surface area contributed by atoms with E-state index in [1.165, 1.54) is 11.7 Å². The lowest BCUT2D eigenvalue weighted by Gasteiger charge is -2.13. The average Bonchev–Trinajstić information content (AvgIpc) is 2.47. The number of esters is 1. The maximum Gasteiger partial charge on any atom is 0.339 e. The summed E-state index contributed by atoms with van der Waals surface area (Å²) in [6, 6.07) is 10.2. The summed E-state index contributed by atoms with van der Waals surface area (Å²) in [5.41, 5.74) is 0.732. The van der Waals surface area contributed by atoms with E-state index < -0.39 is 11.5 Å². The maximum atomic E-state index is 12.3. The fraction of sp³-hybridized carbons (Fsp3) is 0.133. The van der Waals surface area contributed by atoms with Crippen molar-refractivity contribution >= 4 is 21.9 Å². The van der Waals surface area contributed by atoms with E-state index >= 15 is 0 Å². The number of methoxy groups -OCH3 is 1. The van der Waals surface area contributed by atoms with Crippen molar-refractivity contribution in [3.05, 3.63) is 62.0 Å². The third-order valence-electron chi connectivity index (χ3n) is 3.06. The molecule has 0 aliphatic carbocycles. The monoisotopic (exact) mass is 346 g/mol. The largest absolute Gasteiger partial charge is 0.465 e. The number of carbonyl (C=O) groups excluding carboxylic acids is 1. The molecule has 0 aliphatic rings. The summed E-state index contributed by atoms with van der Waals surface area (Å²) < 4.78 is 6.87. The van der Waals surface area contributed by atoms with Crippen LogP contribution in [0, 0.1) is 18.3 Å². The lowest BCUT2D eigenvalue weighted by atomic mass is 10.1. The van der Waals surface area contributed by atoms with Crippen LogP contribution < -0.4 is 5.56 Å². The molecule has 0 atom stereocenters. The summed E-state index contributed by atoms with van der Waals surface area (Å²) in [5, 5.41) is 9.27. The minimum atomic E-state index is -0.699. The van der Waals surface area contributed by atoms with Crippen LogP contribution in [-0.2, 0) is 4.74 Å². The molecule has 0 amide bonds. The van der Waals surface area contributed by atoms with E-state index in [1.54, 1.807) is 31.2 Å². The van der Waals surface area contributed by atoms with Crippen LogP contribution in [0.3, 0.4) is 0 Å². The Balaban J connectivity index is 2.76. The molecule has 0 N–H and O–H groups in total. The van der Waals surface area contributed by atoms with Crippen molar-refractivity contribution in [1.29, 1.82) is 5.26 Å². The van der Waals surface area contributed by atoms with E-state index in [-0.39, 0.29) is 11.1 Å². The van der Waals surface area contributed by atoms with Crippen LogP contribution in [0.1, 0.15) is 21.6 Å². The molecule has 21 heavy (non-hydrogen) atoms. The summed E-state index contributed by atoms with van der Waals surface area (Å²) in [5.74, 6) is -0.699. The van der Waals surface area contributed by atoms with Crippen molar-refractivity contribution in [2.24, 2.45) is 0 Å². The molecule has 2 rings (SSSR count). The Kier molecular flexibility index (Phi) is 4.24. The van der Waals surface area contributed by atoms with Gasteiger partial charge in [0.1, 0.15) is 6.07 Å². The molecule has 1 aromatic heterocycles. The third kappa shape index (κ3) is 2.73. The zero-order valence-corrected chi connectivity index (χ0v) is 13.0. The highest BCUT2D eigenvalue weighted by atomic mass is 79.9. The van der Waals surface area contributed by atoms with E-state index in [2.05, 4.69) is 20.7 Å². The van der Waals surface area contributed by atoms with Crippen molar-refractivity contribution in [3.8, 4) is 11.8 Å². The number of nitrogens with zero attached hydrogens (tertiary/aromatic N) is 2. The number of halogens is 1. The normalized spacial score (nSPS) is 10.0. The van der Waals surface area contributed by atoms with Crippen molar-refractivity contribution in [3.63, 3.8) is 0 Å². The molecule has 106 valence electrons. The van der Waals surface area contributed by atoms with Gasteiger partial charge in [0.2, 0.25) is 0 Å². The molecule has 0 unspecified atom stereocenters. The molecule has 0 bridgehead atoms. The van der Waals surface area contributed by atoms with Gasteiger partial charge in [0.25, 0.3) is 5.56 Å². The van der Waals surface area contributed by atoms with Gasteiger partial charge in [0, 0.05) is 21.9 Å². The lowest BCUT2D eigenvalue weighted by Crippen LogP contribution is -2.24. The zero-order chi connectivity index (χ0) is 15.6. The molecule has 0 saturated heterocycles. The Labute approximate surface area is 129 Å². The van der Waals surface area contributed by atoms with Gasteiger partial charge in [-0.1, -0.05) is 15.9 Å². The molecule has 1 heterocycles. The molecule has 0 aliphatic heterocycles. The lowest BCUT2D eigenvalue weighted by molar-refractivity contribution is 0.0600. The molecular weight excluding hydrogens is 336 g/mol. The number of hydrogen-bond donors (Lipinski definition) is 0. The van der Waals surface area contributed by atoms with Crippen LogP contribution in [0.2, 0.25) is 0 Å². The molecule has 0 radical (unpaired) electrons. The first-order chi connectivity index (χ1) is 9.99.